The molecule has 0 fully saturated rings. The molecule has 2 unspecified atom stereocenters. The van der Waals surface area contributed by atoms with Crippen LogP contribution in [0.4, 0.5) is 0 Å². The van der Waals surface area contributed by atoms with Crippen molar-refractivity contribution in [3.8, 4) is 0 Å². The fourth-order valence-corrected chi connectivity index (χ4v) is 3.39. The average Bonchev–Trinajstić information content (AvgIpc) is 2.56. The Balaban J connectivity index is 2.77. The third-order valence-corrected chi connectivity index (χ3v) is 4.14. The number of methoxy groups -OCH3 is 1. The van der Waals surface area contributed by atoms with Crippen LogP contribution in [-0.4, -0.2) is 21.4 Å². The van der Waals surface area contributed by atoms with Crippen molar-refractivity contribution in [1.29, 1.82) is 0 Å². The first kappa shape index (κ1) is 14.3. The highest BCUT2D eigenvalue weighted by molar-refractivity contribution is 6.70. The summed E-state index contributed by atoms with van der Waals surface area (Å²) in [6, 6.07) is 0. The van der Waals surface area contributed by atoms with Crippen molar-refractivity contribution in [2.75, 3.05) is 7.11 Å². The van der Waals surface area contributed by atoms with E-state index in [1.165, 1.54) is 12.7 Å². The Morgan fingerprint density at radius 2 is 2.00 bits per heavy atom. The quantitative estimate of drug-likeness (QED) is 0.572. The summed E-state index contributed by atoms with van der Waals surface area (Å²) in [7, 11) is -0.0873. The summed E-state index contributed by atoms with van der Waals surface area (Å²) in [6.45, 7) is 10.6. The van der Waals surface area contributed by atoms with Gasteiger partial charge in [-0.3, -0.25) is 4.79 Å². The maximum Gasteiger partial charge on any atom is 0.308 e. The Morgan fingerprint density at radius 1 is 1.41 bits per heavy atom. The van der Waals surface area contributed by atoms with Crippen molar-refractivity contribution in [3.63, 3.8) is 0 Å². The van der Waals surface area contributed by atoms with E-state index in [-0.39, 0.29) is 17.8 Å². The molecule has 98 valence electrons. The lowest BCUT2D eigenvalue weighted by atomic mass is 9.89. The summed E-state index contributed by atoms with van der Waals surface area (Å²) in [6.07, 6.45) is 1.96. The highest BCUT2D eigenvalue weighted by Crippen LogP contribution is 2.38. The third kappa shape index (κ3) is 3.59. The van der Waals surface area contributed by atoms with Crippen LogP contribution < -0.4 is 0 Å². The van der Waals surface area contributed by atoms with Crippen molar-refractivity contribution in [3.05, 3.63) is 11.3 Å². The average molecular weight is 256 g/mol. The van der Waals surface area contributed by atoms with E-state index < -0.39 is 8.32 Å². The van der Waals surface area contributed by atoms with Crippen molar-refractivity contribution in [2.24, 2.45) is 11.8 Å². The maximum atomic E-state index is 11.6. The van der Waals surface area contributed by atoms with E-state index in [2.05, 4.69) is 26.6 Å². The van der Waals surface area contributed by atoms with Crippen LogP contribution in [0, 0.1) is 11.8 Å². The van der Waals surface area contributed by atoms with Gasteiger partial charge in [0.1, 0.15) is 0 Å². The zero-order valence-corrected chi connectivity index (χ0v) is 12.8. The topological polar surface area (TPSA) is 35.5 Å². The molecular weight excluding hydrogens is 232 g/mol. The van der Waals surface area contributed by atoms with E-state index >= 15 is 0 Å². The second-order valence-corrected chi connectivity index (χ2v) is 10.2. The minimum atomic E-state index is -1.54. The predicted molar refractivity (Wildman–Crippen MR) is 71.0 cm³/mol. The number of hydrogen-bond donors (Lipinski definition) is 0. The molecule has 0 aromatic rings. The lowest BCUT2D eigenvalue weighted by Gasteiger charge is -2.22. The summed E-state index contributed by atoms with van der Waals surface area (Å²) in [5.41, 5.74) is 1.24. The van der Waals surface area contributed by atoms with Crippen LogP contribution >= 0.6 is 0 Å². The first-order chi connectivity index (χ1) is 7.76. The molecule has 0 aromatic heterocycles. The third-order valence-electron chi connectivity index (χ3n) is 3.28. The number of esters is 1. The van der Waals surface area contributed by atoms with Gasteiger partial charge >= 0.3 is 5.97 Å². The van der Waals surface area contributed by atoms with E-state index in [0.717, 1.165) is 18.6 Å². The molecule has 0 aromatic carbocycles. The molecule has 1 aliphatic carbocycles. The van der Waals surface area contributed by atoms with Crippen LogP contribution in [0.25, 0.3) is 0 Å². The van der Waals surface area contributed by atoms with E-state index in [0.29, 0.717) is 0 Å². The minimum Gasteiger partial charge on any atom is -0.547 e. The second-order valence-electron chi connectivity index (χ2n) is 5.78. The molecule has 17 heavy (non-hydrogen) atoms. The molecule has 1 rings (SSSR count). The number of allylic oxidation sites excluding steroid dienone is 2. The van der Waals surface area contributed by atoms with Crippen molar-refractivity contribution < 1.29 is 14.0 Å². The van der Waals surface area contributed by atoms with E-state index in [1.54, 1.807) is 0 Å². The van der Waals surface area contributed by atoms with Gasteiger partial charge in [-0.1, -0.05) is 6.92 Å². The largest absolute Gasteiger partial charge is 0.547 e. The summed E-state index contributed by atoms with van der Waals surface area (Å²) >= 11 is 0. The van der Waals surface area contributed by atoms with Crippen molar-refractivity contribution in [2.45, 2.75) is 46.3 Å². The molecule has 0 heterocycles. The molecule has 0 saturated heterocycles. The van der Waals surface area contributed by atoms with Gasteiger partial charge in [-0.2, -0.15) is 0 Å². The summed E-state index contributed by atoms with van der Waals surface area (Å²) in [5, 5.41) is 0. The Labute approximate surface area is 105 Å². The second kappa shape index (κ2) is 5.25. The van der Waals surface area contributed by atoms with Crippen molar-refractivity contribution in [1.82, 2.24) is 0 Å². The molecular formula is C13H24O3Si. The number of carbonyl (C=O) groups is 1. The van der Waals surface area contributed by atoms with E-state index in [4.69, 9.17) is 9.16 Å². The van der Waals surface area contributed by atoms with Crippen LogP contribution in [0.15, 0.2) is 11.3 Å². The van der Waals surface area contributed by atoms with Gasteiger partial charge in [0.05, 0.1) is 18.8 Å². The van der Waals surface area contributed by atoms with Crippen LogP contribution in [-0.2, 0) is 14.0 Å². The first-order valence-corrected chi connectivity index (χ1v) is 9.63. The van der Waals surface area contributed by atoms with Gasteiger partial charge in [0, 0.05) is 6.42 Å². The number of ether oxygens (including phenoxy) is 1. The molecule has 4 heteroatoms. The predicted octanol–water partition coefficient (Wildman–Crippen LogP) is 3.33. The lowest BCUT2D eigenvalue weighted by molar-refractivity contribution is -0.146. The lowest BCUT2D eigenvalue weighted by Crippen LogP contribution is -2.25. The first-order valence-electron chi connectivity index (χ1n) is 6.22. The highest BCUT2D eigenvalue weighted by atomic mass is 28.4. The molecule has 0 radical (unpaired) electrons. The number of carbonyl (C=O) groups excluding carboxylic acids is 1. The molecule has 1 aliphatic rings. The highest BCUT2D eigenvalue weighted by Gasteiger charge is 2.33. The molecule has 0 saturated carbocycles. The van der Waals surface area contributed by atoms with Gasteiger partial charge in [-0.05, 0) is 44.5 Å². The standard InChI is InChI=1S/C13H24O3Si/c1-9-11(10(2)13(14)15-3)7-8-12(9)16-17(4,5)6/h10-11H,7-8H2,1-6H3. The monoisotopic (exact) mass is 256 g/mol. The molecule has 2 atom stereocenters. The Morgan fingerprint density at radius 3 is 2.47 bits per heavy atom. The normalized spacial score (nSPS) is 22.6. The molecule has 0 bridgehead atoms. The van der Waals surface area contributed by atoms with Gasteiger partial charge in [-0.15, -0.1) is 0 Å². The SMILES string of the molecule is COC(=O)C(C)C1CCC(O[Si](C)(C)C)=C1C. The zero-order chi connectivity index (χ0) is 13.2. The van der Waals surface area contributed by atoms with Gasteiger partial charge in [0.15, 0.2) is 0 Å². The van der Waals surface area contributed by atoms with Gasteiger partial charge < -0.3 is 9.16 Å². The number of rotatable bonds is 4. The summed E-state index contributed by atoms with van der Waals surface area (Å²) in [4.78, 5) is 11.6. The zero-order valence-electron chi connectivity index (χ0n) is 11.8. The Hall–Kier alpha value is -0.773. The van der Waals surface area contributed by atoms with E-state index in [1.807, 2.05) is 6.92 Å². The fourth-order valence-electron chi connectivity index (χ4n) is 2.38. The molecule has 0 N–H and O–H groups in total. The molecule has 0 amide bonds. The Bertz CT molecular complexity index is 328. The minimum absolute atomic E-state index is 0.0669. The van der Waals surface area contributed by atoms with Gasteiger partial charge in [0.25, 0.3) is 0 Å². The van der Waals surface area contributed by atoms with E-state index in [9.17, 15) is 4.79 Å². The van der Waals surface area contributed by atoms with Crippen molar-refractivity contribution >= 4 is 14.3 Å². The van der Waals surface area contributed by atoms with Gasteiger partial charge in [-0.25, -0.2) is 0 Å². The Kier molecular flexibility index (Phi) is 4.41. The fraction of sp³-hybridized carbons (Fsp3) is 0.769. The molecule has 3 nitrogen and oxygen atoms in total. The smallest absolute Gasteiger partial charge is 0.308 e. The molecule has 0 aliphatic heterocycles. The summed E-state index contributed by atoms with van der Waals surface area (Å²) < 4.78 is 10.9. The van der Waals surface area contributed by atoms with Crippen LogP contribution in [0.3, 0.4) is 0 Å². The van der Waals surface area contributed by atoms with Crippen LogP contribution in [0.1, 0.15) is 26.7 Å². The van der Waals surface area contributed by atoms with Gasteiger partial charge in [0.2, 0.25) is 8.32 Å². The van der Waals surface area contributed by atoms with Crippen LogP contribution in [0.5, 0.6) is 0 Å². The van der Waals surface area contributed by atoms with Crippen LogP contribution in [0.2, 0.25) is 19.6 Å². The maximum absolute atomic E-state index is 11.6. The summed E-state index contributed by atoms with van der Waals surface area (Å²) in [5.74, 6) is 1.21. The molecule has 0 spiro atoms. The number of hydrogen-bond acceptors (Lipinski definition) is 3.